The van der Waals surface area contributed by atoms with Gasteiger partial charge in [-0.2, -0.15) is 0 Å². The van der Waals surface area contributed by atoms with Gasteiger partial charge in [0.05, 0.1) is 6.04 Å². The van der Waals surface area contributed by atoms with Crippen LogP contribution < -0.4 is 11.1 Å². The topological polar surface area (TPSA) is 81.1 Å². The molecular weight excluding hydrogens is 302 g/mol. The van der Waals surface area contributed by atoms with E-state index in [1.165, 1.54) is 11.8 Å². The van der Waals surface area contributed by atoms with Gasteiger partial charge in [0, 0.05) is 5.69 Å². The number of carbonyl (C=O) groups excluding carboxylic acids is 1. The molecule has 0 aliphatic carbocycles. The molecule has 0 bridgehead atoms. The summed E-state index contributed by atoms with van der Waals surface area (Å²) in [6.45, 7) is 10.5. The van der Waals surface area contributed by atoms with Gasteiger partial charge in [0.25, 0.3) is 5.91 Å². The number of carbonyl (C=O) groups is 1. The summed E-state index contributed by atoms with van der Waals surface area (Å²) >= 11 is 0. The van der Waals surface area contributed by atoms with Crippen LogP contribution in [-0.4, -0.2) is 10.9 Å². The molecule has 1 aromatic carbocycles. The predicted octanol–water partition coefficient (Wildman–Crippen LogP) is 4.27. The molecule has 1 amide bonds. The molecule has 3 N–H and O–H groups in total. The van der Waals surface area contributed by atoms with Crippen LogP contribution in [0.5, 0.6) is 0 Å². The minimum atomic E-state index is -0.303. The van der Waals surface area contributed by atoms with Crippen LogP contribution in [0.15, 0.2) is 34.9 Å². The molecule has 2 unspecified atom stereocenters. The molecule has 24 heavy (non-hydrogen) atoms. The van der Waals surface area contributed by atoms with Crippen molar-refractivity contribution >= 4 is 11.6 Å². The number of amides is 1. The Kier molecular flexibility index (Phi) is 5.44. The second-order valence-electron chi connectivity index (χ2n) is 7.26. The molecule has 5 heteroatoms. The van der Waals surface area contributed by atoms with Gasteiger partial charge in [0.2, 0.25) is 5.89 Å². The fraction of sp³-hybridized carbons (Fsp3) is 0.474. The lowest BCUT2D eigenvalue weighted by molar-refractivity contribution is 0.102. The van der Waals surface area contributed by atoms with Crippen molar-refractivity contribution in [1.29, 1.82) is 0 Å². The number of anilines is 1. The molecule has 0 saturated carbocycles. The summed E-state index contributed by atoms with van der Waals surface area (Å²) in [7, 11) is 0. The van der Waals surface area contributed by atoms with Gasteiger partial charge in [-0.25, -0.2) is 4.98 Å². The maximum Gasteiger partial charge on any atom is 0.277 e. The number of benzene rings is 1. The number of rotatable bonds is 5. The van der Waals surface area contributed by atoms with Gasteiger partial charge < -0.3 is 15.5 Å². The maximum atomic E-state index is 12.3. The zero-order valence-electron chi connectivity index (χ0n) is 15.1. The molecule has 2 atom stereocenters. The van der Waals surface area contributed by atoms with Crippen LogP contribution in [0.3, 0.4) is 0 Å². The zero-order valence-corrected chi connectivity index (χ0v) is 15.1. The Morgan fingerprint density at radius 1 is 1.29 bits per heavy atom. The summed E-state index contributed by atoms with van der Waals surface area (Å²) in [6, 6.07) is 7.52. The number of nitrogens with two attached hydrogens (primary N) is 1. The van der Waals surface area contributed by atoms with Gasteiger partial charge in [-0.1, -0.05) is 53.2 Å². The summed E-state index contributed by atoms with van der Waals surface area (Å²) in [5.41, 5.74) is 8.34. The number of aromatic nitrogens is 1. The minimum Gasteiger partial charge on any atom is -0.446 e. The molecule has 0 radical (unpaired) electrons. The Morgan fingerprint density at radius 2 is 1.92 bits per heavy atom. The first kappa shape index (κ1) is 18.2. The highest BCUT2D eigenvalue weighted by Crippen LogP contribution is 2.24. The van der Waals surface area contributed by atoms with Crippen LogP contribution in [0.1, 0.15) is 69.0 Å². The first-order valence-corrected chi connectivity index (χ1v) is 8.35. The number of nitrogens with one attached hydrogen (secondary N) is 1. The largest absolute Gasteiger partial charge is 0.446 e. The van der Waals surface area contributed by atoms with Crippen molar-refractivity contribution in [2.24, 2.45) is 11.7 Å². The standard InChI is InChI=1S/C19H27N3O2/c1-6-12(2)16(20)18-22-15(11-24-18)17(23)21-14-9-7-13(8-10-14)19(3,4)5/h7-12,16H,6,20H2,1-5H3,(H,21,23). The highest BCUT2D eigenvalue weighted by atomic mass is 16.3. The van der Waals surface area contributed by atoms with E-state index in [9.17, 15) is 4.79 Å². The van der Waals surface area contributed by atoms with Crippen molar-refractivity contribution in [1.82, 2.24) is 4.98 Å². The van der Waals surface area contributed by atoms with Crippen LogP contribution in [0.4, 0.5) is 5.69 Å². The van der Waals surface area contributed by atoms with E-state index in [4.69, 9.17) is 10.2 Å². The second kappa shape index (κ2) is 7.18. The molecule has 130 valence electrons. The Labute approximate surface area is 143 Å². The lowest BCUT2D eigenvalue weighted by atomic mass is 9.87. The molecule has 0 aliphatic heterocycles. The summed E-state index contributed by atoms with van der Waals surface area (Å²) in [4.78, 5) is 16.5. The van der Waals surface area contributed by atoms with Crippen molar-refractivity contribution < 1.29 is 9.21 Å². The first-order valence-electron chi connectivity index (χ1n) is 8.35. The van der Waals surface area contributed by atoms with Gasteiger partial charge in [0.1, 0.15) is 6.26 Å². The fourth-order valence-electron chi connectivity index (χ4n) is 2.29. The van der Waals surface area contributed by atoms with Crippen LogP contribution in [0.25, 0.3) is 0 Å². The molecule has 5 nitrogen and oxygen atoms in total. The molecule has 0 saturated heterocycles. The number of hydrogen-bond acceptors (Lipinski definition) is 4. The normalized spacial score (nSPS) is 14.2. The highest BCUT2D eigenvalue weighted by molar-refractivity contribution is 6.02. The van der Waals surface area contributed by atoms with Crippen molar-refractivity contribution in [2.45, 2.75) is 52.5 Å². The summed E-state index contributed by atoms with van der Waals surface area (Å²) in [5.74, 6) is 0.340. The molecule has 0 spiro atoms. The molecule has 2 rings (SSSR count). The minimum absolute atomic E-state index is 0.0790. The zero-order chi connectivity index (χ0) is 17.9. The number of hydrogen-bond donors (Lipinski definition) is 2. The SMILES string of the molecule is CCC(C)C(N)c1nc(C(=O)Nc2ccc(C(C)(C)C)cc2)co1. The molecule has 0 aliphatic rings. The summed E-state index contributed by atoms with van der Waals surface area (Å²) in [5, 5.41) is 2.83. The lowest BCUT2D eigenvalue weighted by Gasteiger charge is -2.19. The van der Waals surface area contributed by atoms with Crippen molar-refractivity contribution in [3.63, 3.8) is 0 Å². The molecule has 0 fully saturated rings. The quantitative estimate of drug-likeness (QED) is 0.858. The van der Waals surface area contributed by atoms with Gasteiger partial charge in [-0.3, -0.25) is 4.79 Å². The van der Waals surface area contributed by atoms with E-state index in [2.05, 4.69) is 38.0 Å². The third-order valence-electron chi connectivity index (χ3n) is 4.31. The van der Waals surface area contributed by atoms with Gasteiger partial charge in [-0.05, 0) is 29.0 Å². The first-order chi connectivity index (χ1) is 11.2. The molecule has 1 heterocycles. The van der Waals surface area contributed by atoms with Crippen LogP contribution in [-0.2, 0) is 5.41 Å². The second-order valence-corrected chi connectivity index (χ2v) is 7.26. The van der Waals surface area contributed by atoms with Crippen molar-refractivity contribution in [3.8, 4) is 0 Å². The molecule has 2 aromatic rings. The Hall–Kier alpha value is -2.14. The summed E-state index contributed by atoms with van der Waals surface area (Å²) < 4.78 is 5.38. The Morgan fingerprint density at radius 3 is 2.46 bits per heavy atom. The van der Waals surface area contributed by atoms with Crippen LogP contribution in [0, 0.1) is 5.92 Å². The smallest absolute Gasteiger partial charge is 0.277 e. The average Bonchev–Trinajstić information content (AvgIpc) is 3.03. The number of nitrogens with zero attached hydrogens (tertiary/aromatic N) is 1. The van der Waals surface area contributed by atoms with Crippen LogP contribution >= 0.6 is 0 Å². The van der Waals surface area contributed by atoms with Gasteiger partial charge in [-0.15, -0.1) is 0 Å². The van der Waals surface area contributed by atoms with Crippen molar-refractivity contribution in [2.75, 3.05) is 5.32 Å². The molecule has 1 aromatic heterocycles. The predicted molar refractivity (Wildman–Crippen MR) is 96.0 cm³/mol. The van der Waals surface area contributed by atoms with E-state index < -0.39 is 0 Å². The average molecular weight is 329 g/mol. The fourth-order valence-corrected chi connectivity index (χ4v) is 2.29. The third kappa shape index (κ3) is 4.23. The highest BCUT2D eigenvalue weighted by Gasteiger charge is 2.21. The Bertz CT molecular complexity index is 683. The lowest BCUT2D eigenvalue weighted by Crippen LogP contribution is -2.19. The van der Waals surface area contributed by atoms with E-state index in [1.54, 1.807) is 0 Å². The van der Waals surface area contributed by atoms with Gasteiger partial charge >= 0.3 is 0 Å². The van der Waals surface area contributed by atoms with Gasteiger partial charge in [0.15, 0.2) is 5.69 Å². The van der Waals surface area contributed by atoms with E-state index in [0.29, 0.717) is 5.89 Å². The van der Waals surface area contributed by atoms with E-state index >= 15 is 0 Å². The number of oxazole rings is 1. The van der Waals surface area contributed by atoms with E-state index in [1.807, 2.05) is 31.2 Å². The molecular formula is C19H27N3O2. The summed E-state index contributed by atoms with van der Waals surface area (Å²) in [6.07, 6.45) is 2.28. The third-order valence-corrected chi connectivity index (χ3v) is 4.31. The van der Waals surface area contributed by atoms with E-state index in [0.717, 1.165) is 12.1 Å². The van der Waals surface area contributed by atoms with Crippen LogP contribution in [0.2, 0.25) is 0 Å². The Balaban J connectivity index is 2.06. The van der Waals surface area contributed by atoms with E-state index in [-0.39, 0.29) is 29.0 Å². The van der Waals surface area contributed by atoms with Crippen molar-refractivity contribution in [3.05, 3.63) is 47.7 Å². The monoisotopic (exact) mass is 329 g/mol. The maximum absolute atomic E-state index is 12.3.